The summed E-state index contributed by atoms with van der Waals surface area (Å²) in [7, 11) is 0. The van der Waals surface area contributed by atoms with Gasteiger partial charge in [-0.3, -0.25) is 5.43 Å². The molecule has 0 fully saturated rings. The van der Waals surface area contributed by atoms with Crippen LogP contribution in [-0.2, 0) is 0 Å². The lowest BCUT2D eigenvalue weighted by atomic mass is 10.2. The molecule has 22 heavy (non-hydrogen) atoms. The van der Waals surface area contributed by atoms with Gasteiger partial charge < -0.3 is 0 Å². The maximum Gasteiger partial charge on any atom is 0.203 e. The van der Waals surface area contributed by atoms with E-state index >= 15 is 0 Å². The SMILES string of the molecule is C/C(=N\Nc1nc(-c2ccccc2)cs1)c1sc(C)nc1C. The first kappa shape index (κ1) is 14.9. The molecule has 2 heterocycles. The van der Waals surface area contributed by atoms with E-state index in [0.717, 1.165) is 37.7 Å². The Labute approximate surface area is 137 Å². The summed E-state index contributed by atoms with van der Waals surface area (Å²) in [6, 6.07) is 10.1. The molecule has 0 saturated carbocycles. The Morgan fingerprint density at radius 3 is 2.59 bits per heavy atom. The van der Waals surface area contributed by atoms with Crippen molar-refractivity contribution in [2.75, 3.05) is 5.43 Å². The zero-order chi connectivity index (χ0) is 15.5. The highest BCUT2D eigenvalue weighted by Crippen LogP contribution is 2.25. The quantitative estimate of drug-likeness (QED) is 0.557. The third-order valence-electron chi connectivity index (χ3n) is 3.13. The third kappa shape index (κ3) is 3.23. The fraction of sp³-hybridized carbons (Fsp3) is 0.188. The van der Waals surface area contributed by atoms with Crippen molar-refractivity contribution in [3.05, 3.63) is 51.3 Å². The summed E-state index contributed by atoms with van der Waals surface area (Å²) in [5.74, 6) is 0. The van der Waals surface area contributed by atoms with Gasteiger partial charge in [0.05, 0.1) is 27.0 Å². The van der Waals surface area contributed by atoms with Gasteiger partial charge in [0.25, 0.3) is 0 Å². The molecule has 0 unspecified atom stereocenters. The van der Waals surface area contributed by atoms with Crippen LogP contribution in [0.4, 0.5) is 5.13 Å². The molecule has 0 radical (unpaired) electrons. The molecule has 0 atom stereocenters. The second kappa shape index (κ2) is 6.37. The van der Waals surface area contributed by atoms with Crippen LogP contribution in [0.25, 0.3) is 11.3 Å². The van der Waals surface area contributed by atoms with E-state index in [-0.39, 0.29) is 0 Å². The van der Waals surface area contributed by atoms with Crippen molar-refractivity contribution in [1.29, 1.82) is 0 Å². The summed E-state index contributed by atoms with van der Waals surface area (Å²) < 4.78 is 0. The zero-order valence-electron chi connectivity index (χ0n) is 12.6. The minimum absolute atomic E-state index is 0.789. The van der Waals surface area contributed by atoms with E-state index < -0.39 is 0 Å². The normalized spacial score (nSPS) is 11.7. The number of rotatable bonds is 4. The monoisotopic (exact) mass is 328 g/mol. The van der Waals surface area contributed by atoms with E-state index in [0.29, 0.717) is 0 Å². The van der Waals surface area contributed by atoms with Crippen molar-refractivity contribution in [3.63, 3.8) is 0 Å². The number of anilines is 1. The number of aryl methyl sites for hydroxylation is 2. The Morgan fingerprint density at radius 1 is 1.14 bits per heavy atom. The van der Waals surface area contributed by atoms with E-state index in [1.165, 1.54) is 0 Å². The van der Waals surface area contributed by atoms with Crippen LogP contribution in [0, 0.1) is 13.8 Å². The van der Waals surface area contributed by atoms with Crippen molar-refractivity contribution >= 4 is 33.5 Å². The smallest absolute Gasteiger partial charge is 0.203 e. The molecule has 0 aliphatic rings. The van der Waals surface area contributed by atoms with Gasteiger partial charge in [0, 0.05) is 10.9 Å². The average molecular weight is 328 g/mol. The maximum atomic E-state index is 4.56. The average Bonchev–Trinajstić information content (AvgIpc) is 3.12. The number of thiazole rings is 2. The zero-order valence-corrected chi connectivity index (χ0v) is 14.3. The van der Waals surface area contributed by atoms with Gasteiger partial charge >= 0.3 is 0 Å². The molecule has 0 spiro atoms. The van der Waals surface area contributed by atoms with Crippen LogP contribution < -0.4 is 5.43 Å². The molecular weight excluding hydrogens is 312 g/mol. The highest BCUT2D eigenvalue weighted by molar-refractivity contribution is 7.14. The molecule has 3 aromatic rings. The summed E-state index contributed by atoms with van der Waals surface area (Å²) in [5, 5.41) is 8.31. The molecule has 0 saturated heterocycles. The molecule has 1 aromatic carbocycles. The molecule has 0 bridgehead atoms. The first-order valence-corrected chi connectivity index (χ1v) is 8.59. The predicted octanol–water partition coefficient (Wildman–Crippen LogP) is 4.72. The van der Waals surface area contributed by atoms with E-state index in [2.05, 4.69) is 32.6 Å². The van der Waals surface area contributed by atoms with Crippen LogP contribution in [0.2, 0.25) is 0 Å². The van der Waals surface area contributed by atoms with E-state index in [1.54, 1.807) is 22.7 Å². The highest BCUT2D eigenvalue weighted by Gasteiger charge is 2.08. The Bertz CT molecular complexity index is 803. The summed E-state index contributed by atoms with van der Waals surface area (Å²) in [6.07, 6.45) is 0. The molecule has 0 aliphatic carbocycles. The van der Waals surface area contributed by atoms with Gasteiger partial charge in [0.15, 0.2) is 0 Å². The molecule has 6 heteroatoms. The van der Waals surface area contributed by atoms with Crippen LogP contribution in [0.15, 0.2) is 40.8 Å². The van der Waals surface area contributed by atoms with Crippen molar-refractivity contribution in [1.82, 2.24) is 9.97 Å². The molecule has 112 valence electrons. The van der Waals surface area contributed by atoms with Gasteiger partial charge in [-0.05, 0) is 20.8 Å². The van der Waals surface area contributed by atoms with E-state index in [9.17, 15) is 0 Å². The lowest BCUT2D eigenvalue weighted by Gasteiger charge is -1.99. The number of hydrogen-bond acceptors (Lipinski definition) is 6. The molecule has 1 N–H and O–H groups in total. The Morgan fingerprint density at radius 2 is 1.91 bits per heavy atom. The fourth-order valence-corrected chi connectivity index (χ4v) is 3.64. The van der Waals surface area contributed by atoms with Crippen LogP contribution in [0.3, 0.4) is 0 Å². The Kier molecular flexibility index (Phi) is 4.31. The van der Waals surface area contributed by atoms with Gasteiger partial charge in [-0.2, -0.15) is 5.10 Å². The van der Waals surface area contributed by atoms with Crippen LogP contribution >= 0.6 is 22.7 Å². The van der Waals surface area contributed by atoms with Crippen LogP contribution in [0.5, 0.6) is 0 Å². The number of hydrazone groups is 1. The van der Waals surface area contributed by atoms with Crippen molar-refractivity contribution in [2.24, 2.45) is 5.10 Å². The number of nitrogens with one attached hydrogen (secondary N) is 1. The summed E-state index contributed by atoms with van der Waals surface area (Å²) in [5.41, 5.74) is 7.07. The number of benzene rings is 1. The summed E-state index contributed by atoms with van der Waals surface area (Å²) in [4.78, 5) is 10.1. The largest absolute Gasteiger partial charge is 0.252 e. The summed E-state index contributed by atoms with van der Waals surface area (Å²) in [6.45, 7) is 6.00. The number of nitrogens with zero attached hydrogens (tertiary/aromatic N) is 3. The first-order valence-electron chi connectivity index (χ1n) is 6.89. The van der Waals surface area contributed by atoms with Crippen molar-refractivity contribution in [3.8, 4) is 11.3 Å². The first-order chi connectivity index (χ1) is 10.6. The minimum Gasteiger partial charge on any atom is -0.252 e. The van der Waals surface area contributed by atoms with E-state index in [1.807, 2.05) is 44.4 Å². The molecule has 0 aliphatic heterocycles. The molecular formula is C16H16N4S2. The lowest BCUT2D eigenvalue weighted by Crippen LogP contribution is -1.99. The van der Waals surface area contributed by atoms with Crippen LogP contribution in [-0.4, -0.2) is 15.7 Å². The maximum absolute atomic E-state index is 4.56. The number of hydrogen-bond donors (Lipinski definition) is 1. The standard InChI is InChI=1S/C16H16N4S2/c1-10-15(22-12(3)17-10)11(2)19-20-16-18-14(9-21-16)13-7-5-4-6-8-13/h4-9H,1-3H3,(H,18,20)/b19-11+. The second-order valence-electron chi connectivity index (χ2n) is 4.86. The van der Waals surface area contributed by atoms with Crippen LogP contribution in [0.1, 0.15) is 22.5 Å². The number of aromatic nitrogens is 2. The topological polar surface area (TPSA) is 50.2 Å². The van der Waals surface area contributed by atoms with Gasteiger partial charge in [-0.25, -0.2) is 9.97 Å². The lowest BCUT2D eigenvalue weighted by molar-refractivity contribution is 1.19. The molecule has 4 nitrogen and oxygen atoms in total. The van der Waals surface area contributed by atoms with Crippen molar-refractivity contribution in [2.45, 2.75) is 20.8 Å². The van der Waals surface area contributed by atoms with Gasteiger partial charge in [-0.15, -0.1) is 22.7 Å². The third-order valence-corrected chi connectivity index (χ3v) is 5.05. The van der Waals surface area contributed by atoms with Crippen molar-refractivity contribution < 1.29 is 0 Å². The Hall–Kier alpha value is -2.05. The van der Waals surface area contributed by atoms with Gasteiger partial charge in [-0.1, -0.05) is 30.3 Å². The molecule has 2 aromatic heterocycles. The minimum atomic E-state index is 0.789. The fourth-order valence-electron chi connectivity index (χ4n) is 2.12. The highest BCUT2D eigenvalue weighted by atomic mass is 32.1. The van der Waals surface area contributed by atoms with Gasteiger partial charge in [0.1, 0.15) is 0 Å². The Balaban J connectivity index is 1.76. The molecule has 3 rings (SSSR count). The molecule has 0 amide bonds. The predicted molar refractivity (Wildman–Crippen MR) is 95.0 cm³/mol. The van der Waals surface area contributed by atoms with Gasteiger partial charge in [0.2, 0.25) is 5.13 Å². The summed E-state index contributed by atoms with van der Waals surface area (Å²) >= 11 is 3.21. The second-order valence-corrected chi connectivity index (χ2v) is 6.92. The van der Waals surface area contributed by atoms with E-state index in [4.69, 9.17) is 0 Å².